The molecule has 1 heterocycles. The van der Waals surface area contributed by atoms with Crippen molar-refractivity contribution in [1.29, 1.82) is 0 Å². The number of hydrogen-bond donors (Lipinski definition) is 1. The normalized spacial score (nSPS) is 33.2. The summed E-state index contributed by atoms with van der Waals surface area (Å²) < 4.78 is 0. The van der Waals surface area contributed by atoms with Crippen molar-refractivity contribution in [3.63, 3.8) is 0 Å². The van der Waals surface area contributed by atoms with Gasteiger partial charge in [-0.15, -0.1) is 12.3 Å². The standard InChI is InChI=1S/C9H15N/c1-3-6-9(2)7-4-5-8-10-9/h1,10H,4-8H2,2H3. The van der Waals surface area contributed by atoms with Gasteiger partial charge in [-0.05, 0) is 26.3 Å². The molecule has 1 saturated heterocycles. The average molecular weight is 137 g/mol. The summed E-state index contributed by atoms with van der Waals surface area (Å²) in [7, 11) is 0. The lowest BCUT2D eigenvalue weighted by molar-refractivity contribution is 0.284. The lowest BCUT2D eigenvalue weighted by atomic mass is 9.88. The zero-order valence-electron chi connectivity index (χ0n) is 6.61. The second-order valence-corrected chi connectivity index (χ2v) is 3.33. The van der Waals surface area contributed by atoms with Crippen molar-refractivity contribution in [3.05, 3.63) is 0 Å². The fourth-order valence-corrected chi connectivity index (χ4v) is 1.49. The van der Waals surface area contributed by atoms with Gasteiger partial charge in [0.25, 0.3) is 0 Å². The molecule has 0 aromatic carbocycles. The molecule has 1 nitrogen and oxygen atoms in total. The van der Waals surface area contributed by atoms with Gasteiger partial charge in [0.05, 0.1) is 0 Å². The largest absolute Gasteiger partial charge is 0.311 e. The maximum Gasteiger partial charge on any atom is 0.0266 e. The van der Waals surface area contributed by atoms with Gasteiger partial charge in [0.15, 0.2) is 0 Å². The molecule has 1 rings (SSSR count). The molecule has 1 aliphatic rings. The van der Waals surface area contributed by atoms with Gasteiger partial charge < -0.3 is 5.32 Å². The zero-order valence-corrected chi connectivity index (χ0v) is 6.61. The molecule has 10 heavy (non-hydrogen) atoms. The molecule has 1 heteroatoms. The van der Waals surface area contributed by atoms with E-state index in [2.05, 4.69) is 18.2 Å². The van der Waals surface area contributed by atoms with Crippen LogP contribution in [0.5, 0.6) is 0 Å². The highest BCUT2D eigenvalue weighted by molar-refractivity contribution is 4.98. The van der Waals surface area contributed by atoms with E-state index in [1.54, 1.807) is 0 Å². The fraction of sp³-hybridized carbons (Fsp3) is 0.778. The summed E-state index contributed by atoms with van der Waals surface area (Å²) in [6, 6.07) is 0. The Labute approximate surface area is 63.2 Å². The molecule has 1 aliphatic heterocycles. The first-order chi connectivity index (χ1) is 4.77. The van der Waals surface area contributed by atoms with Crippen LogP contribution in [0.4, 0.5) is 0 Å². The van der Waals surface area contributed by atoms with E-state index in [1.807, 2.05) is 0 Å². The Hall–Kier alpha value is -0.480. The van der Waals surface area contributed by atoms with Crippen molar-refractivity contribution in [2.45, 2.75) is 38.1 Å². The Kier molecular flexibility index (Phi) is 2.34. The molecule has 1 N–H and O–H groups in total. The summed E-state index contributed by atoms with van der Waals surface area (Å²) in [5.41, 5.74) is 0.243. The van der Waals surface area contributed by atoms with Crippen LogP contribution < -0.4 is 5.32 Å². The van der Waals surface area contributed by atoms with Gasteiger partial charge in [-0.3, -0.25) is 0 Å². The van der Waals surface area contributed by atoms with Crippen LogP contribution in [0, 0.1) is 12.3 Å². The van der Waals surface area contributed by atoms with Gasteiger partial charge in [0, 0.05) is 12.0 Å². The maximum atomic E-state index is 5.25. The topological polar surface area (TPSA) is 12.0 Å². The van der Waals surface area contributed by atoms with Gasteiger partial charge in [0.1, 0.15) is 0 Å². The van der Waals surface area contributed by atoms with E-state index in [9.17, 15) is 0 Å². The third-order valence-electron chi connectivity index (χ3n) is 2.20. The lowest BCUT2D eigenvalue weighted by Gasteiger charge is -2.33. The Morgan fingerprint density at radius 3 is 2.90 bits per heavy atom. The molecule has 1 fully saturated rings. The van der Waals surface area contributed by atoms with E-state index in [0.717, 1.165) is 13.0 Å². The summed E-state index contributed by atoms with van der Waals surface area (Å²) >= 11 is 0. The van der Waals surface area contributed by atoms with Gasteiger partial charge in [-0.2, -0.15) is 0 Å². The summed E-state index contributed by atoms with van der Waals surface area (Å²) in [6.07, 6.45) is 9.99. The van der Waals surface area contributed by atoms with E-state index in [-0.39, 0.29) is 5.54 Å². The first kappa shape index (κ1) is 7.63. The minimum atomic E-state index is 0.243. The van der Waals surface area contributed by atoms with Crippen LogP contribution in [-0.4, -0.2) is 12.1 Å². The molecule has 0 saturated carbocycles. The van der Waals surface area contributed by atoms with Gasteiger partial charge >= 0.3 is 0 Å². The maximum absolute atomic E-state index is 5.25. The first-order valence-corrected chi connectivity index (χ1v) is 3.95. The van der Waals surface area contributed by atoms with Crippen molar-refractivity contribution in [2.75, 3.05) is 6.54 Å². The number of nitrogens with one attached hydrogen (secondary N) is 1. The molecule has 0 aliphatic carbocycles. The van der Waals surface area contributed by atoms with Gasteiger partial charge in [-0.1, -0.05) is 6.42 Å². The fourth-order valence-electron chi connectivity index (χ4n) is 1.49. The highest BCUT2D eigenvalue weighted by atomic mass is 15.0. The van der Waals surface area contributed by atoms with Crippen LogP contribution >= 0.6 is 0 Å². The number of rotatable bonds is 1. The Balaban J connectivity index is 2.42. The zero-order chi connectivity index (χ0) is 7.45. The van der Waals surface area contributed by atoms with Crippen LogP contribution in [0.15, 0.2) is 0 Å². The second kappa shape index (κ2) is 3.07. The van der Waals surface area contributed by atoms with Crippen LogP contribution in [0.1, 0.15) is 32.6 Å². The van der Waals surface area contributed by atoms with Crippen molar-refractivity contribution < 1.29 is 0 Å². The predicted octanol–water partition coefficient (Wildman–Crippen LogP) is 1.54. The van der Waals surface area contributed by atoms with E-state index in [4.69, 9.17) is 6.42 Å². The molecule has 0 spiro atoms. The summed E-state index contributed by atoms with van der Waals surface area (Å²) in [6.45, 7) is 3.35. The summed E-state index contributed by atoms with van der Waals surface area (Å²) in [5, 5.41) is 3.45. The third kappa shape index (κ3) is 1.75. The number of terminal acetylenes is 1. The Morgan fingerprint density at radius 2 is 2.40 bits per heavy atom. The molecule has 0 aromatic heterocycles. The predicted molar refractivity (Wildman–Crippen MR) is 43.7 cm³/mol. The van der Waals surface area contributed by atoms with Crippen LogP contribution in [-0.2, 0) is 0 Å². The summed E-state index contributed by atoms with van der Waals surface area (Å²) in [5.74, 6) is 2.72. The van der Waals surface area contributed by atoms with Crippen molar-refractivity contribution in [3.8, 4) is 12.3 Å². The minimum Gasteiger partial charge on any atom is -0.311 e. The Bertz CT molecular complexity index is 137. The second-order valence-electron chi connectivity index (χ2n) is 3.33. The molecule has 0 amide bonds. The number of piperidine rings is 1. The molecule has 0 bridgehead atoms. The van der Waals surface area contributed by atoms with E-state index < -0.39 is 0 Å². The first-order valence-electron chi connectivity index (χ1n) is 3.95. The van der Waals surface area contributed by atoms with Crippen molar-refractivity contribution >= 4 is 0 Å². The van der Waals surface area contributed by atoms with Gasteiger partial charge in [-0.25, -0.2) is 0 Å². The average Bonchev–Trinajstić information content (AvgIpc) is 1.89. The molecule has 0 aromatic rings. The SMILES string of the molecule is C#CCC1(C)CCCCN1. The molecular weight excluding hydrogens is 122 g/mol. The lowest BCUT2D eigenvalue weighted by Crippen LogP contribution is -2.45. The Morgan fingerprint density at radius 1 is 1.60 bits per heavy atom. The van der Waals surface area contributed by atoms with E-state index >= 15 is 0 Å². The molecular formula is C9H15N. The van der Waals surface area contributed by atoms with Crippen LogP contribution in [0.25, 0.3) is 0 Å². The minimum absolute atomic E-state index is 0.243. The van der Waals surface area contributed by atoms with Gasteiger partial charge in [0.2, 0.25) is 0 Å². The molecule has 0 radical (unpaired) electrons. The smallest absolute Gasteiger partial charge is 0.0266 e. The van der Waals surface area contributed by atoms with Crippen molar-refractivity contribution in [1.82, 2.24) is 5.32 Å². The highest BCUT2D eigenvalue weighted by Crippen LogP contribution is 2.21. The molecule has 56 valence electrons. The van der Waals surface area contributed by atoms with Crippen LogP contribution in [0.3, 0.4) is 0 Å². The van der Waals surface area contributed by atoms with E-state index in [1.165, 1.54) is 19.3 Å². The quantitative estimate of drug-likeness (QED) is 0.541. The molecule has 1 unspecified atom stereocenters. The van der Waals surface area contributed by atoms with Crippen molar-refractivity contribution in [2.24, 2.45) is 0 Å². The van der Waals surface area contributed by atoms with E-state index in [0.29, 0.717) is 0 Å². The summed E-state index contributed by atoms with van der Waals surface area (Å²) in [4.78, 5) is 0. The number of hydrogen-bond acceptors (Lipinski definition) is 1. The monoisotopic (exact) mass is 137 g/mol. The molecule has 1 atom stereocenters. The van der Waals surface area contributed by atoms with Crippen LogP contribution in [0.2, 0.25) is 0 Å². The highest BCUT2D eigenvalue weighted by Gasteiger charge is 2.24. The third-order valence-corrected chi connectivity index (χ3v) is 2.20.